The Kier molecular flexibility index (Phi) is 9.72. The molecule has 1 aromatic heterocycles. The van der Waals surface area contributed by atoms with Gasteiger partial charge in [-0.2, -0.15) is 0 Å². The zero-order chi connectivity index (χ0) is 32.4. The minimum atomic E-state index is -4.18. The molecule has 0 atom stereocenters. The molecule has 0 aliphatic carbocycles. The van der Waals surface area contributed by atoms with E-state index in [-0.39, 0.29) is 10.6 Å². The molecule has 1 heterocycles. The summed E-state index contributed by atoms with van der Waals surface area (Å²) in [7, 11) is -4.18. The van der Waals surface area contributed by atoms with Crippen molar-refractivity contribution in [1.82, 2.24) is 18.7 Å². The fourth-order valence-corrected chi connectivity index (χ4v) is 6.60. The minimum Gasteiger partial charge on any atom is -0.291 e. The van der Waals surface area contributed by atoms with Crippen LogP contribution < -0.4 is 4.72 Å². The highest BCUT2D eigenvalue weighted by molar-refractivity contribution is 7.99. The van der Waals surface area contributed by atoms with Crippen LogP contribution in [0.5, 0.6) is 0 Å². The van der Waals surface area contributed by atoms with Crippen LogP contribution in [-0.4, -0.2) is 39.7 Å². The quantitative estimate of drug-likeness (QED) is 0.106. The molecule has 0 aliphatic rings. The number of urea groups is 1. The average molecular weight is 669 g/mol. The molecule has 4 aromatic rings. The predicted octanol–water partition coefficient (Wildman–Crippen LogP) is 7.84. The smallest absolute Gasteiger partial charge is 0.291 e. The molecule has 44 heavy (non-hydrogen) atoms. The maximum absolute atomic E-state index is 14.1. The highest BCUT2D eigenvalue weighted by Gasteiger charge is 2.35. The molecule has 7 nitrogen and oxygen atoms in total. The Labute approximate surface area is 262 Å². The number of amides is 2. The third kappa shape index (κ3) is 7.05. The summed E-state index contributed by atoms with van der Waals surface area (Å²) in [5.74, 6) is -1.37. The van der Waals surface area contributed by atoms with Gasteiger partial charge in [0.25, 0.3) is 16.4 Å². The molecule has 0 fully saturated rings. The Morgan fingerprint density at radius 2 is 1.66 bits per heavy atom. The lowest BCUT2D eigenvalue weighted by molar-refractivity contribution is 0.146. The van der Waals surface area contributed by atoms with Crippen molar-refractivity contribution < 1.29 is 30.8 Å². The van der Waals surface area contributed by atoms with Crippen molar-refractivity contribution in [3.05, 3.63) is 107 Å². The second-order valence-electron chi connectivity index (χ2n) is 11.0. The molecule has 4 rings (SSSR count). The second-order valence-corrected chi connectivity index (χ2v) is 14.0. The maximum Gasteiger partial charge on any atom is 0.346 e. The van der Waals surface area contributed by atoms with Gasteiger partial charge in [-0.05, 0) is 67.9 Å². The van der Waals surface area contributed by atoms with Crippen LogP contribution >= 0.6 is 23.5 Å². The Hall–Kier alpha value is -3.55. The van der Waals surface area contributed by atoms with E-state index in [4.69, 9.17) is 11.8 Å². The van der Waals surface area contributed by atoms with E-state index in [0.717, 1.165) is 16.6 Å². The van der Waals surface area contributed by atoms with E-state index in [1.54, 1.807) is 44.5 Å². The average Bonchev–Trinajstić information content (AvgIpc) is 3.41. The van der Waals surface area contributed by atoms with Gasteiger partial charge >= 0.3 is 6.03 Å². The van der Waals surface area contributed by atoms with Gasteiger partial charge < -0.3 is 0 Å². The third-order valence-electron chi connectivity index (χ3n) is 6.95. The molecule has 1 N–H and O–H groups in total. The van der Waals surface area contributed by atoms with Gasteiger partial charge in [0.1, 0.15) is 11.6 Å². The first-order chi connectivity index (χ1) is 20.5. The summed E-state index contributed by atoms with van der Waals surface area (Å²) in [6.07, 6.45) is -1.47. The number of nitrogens with zero attached hydrogens (tertiary/aromatic N) is 3. The summed E-state index contributed by atoms with van der Waals surface area (Å²) in [4.78, 5) is 17.3. The lowest BCUT2D eigenvalue weighted by Crippen LogP contribution is -2.49. The number of imidazole rings is 1. The summed E-state index contributed by atoms with van der Waals surface area (Å²) in [6, 6.07) is 15.4. The summed E-state index contributed by atoms with van der Waals surface area (Å²) in [5.41, 5.74) is -1.38. The summed E-state index contributed by atoms with van der Waals surface area (Å²) in [5, 5.41) is 0.395. The monoisotopic (exact) mass is 668 g/mol. The van der Waals surface area contributed by atoms with Gasteiger partial charge in [0.2, 0.25) is 0 Å². The molecule has 0 saturated carbocycles. The van der Waals surface area contributed by atoms with Crippen molar-refractivity contribution in [1.29, 1.82) is 0 Å². The Bertz CT molecular complexity index is 1750. The number of hydrogen-bond acceptors (Lipinski definition) is 5. The predicted molar refractivity (Wildman–Crippen MR) is 162 cm³/mol. The van der Waals surface area contributed by atoms with Crippen LogP contribution in [0.15, 0.2) is 89.0 Å². The van der Waals surface area contributed by atoms with Gasteiger partial charge in [-0.3, -0.25) is 4.57 Å². The van der Waals surface area contributed by atoms with Crippen molar-refractivity contribution in [3.8, 4) is 5.69 Å². The van der Waals surface area contributed by atoms with E-state index >= 15 is 0 Å². The molecule has 14 heteroatoms. The number of benzene rings is 3. The lowest BCUT2D eigenvalue weighted by Gasteiger charge is -2.32. The number of nitrogens with one attached hydrogen (secondary N) is 1. The number of alkyl halides is 2. The van der Waals surface area contributed by atoms with E-state index < -0.39 is 50.6 Å². The van der Waals surface area contributed by atoms with Crippen LogP contribution in [0.1, 0.15) is 50.9 Å². The highest BCUT2D eigenvalue weighted by atomic mass is 35.5. The van der Waals surface area contributed by atoms with Crippen LogP contribution in [0, 0.1) is 11.6 Å². The van der Waals surface area contributed by atoms with E-state index in [2.05, 4.69) is 4.98 Å². The van der Waals surface area contributed by atoms with Crippen LogP contribution in [-0.2, 0) is 15.4 Å². The summed E-state index contributed by atoms with van der Waals surface area (Å²) in [6.45, 7) is 6.79. The molecule has 234 valence electrons. The highest BCUT2D eigenvalue weighted by Crippen LogP contribution is 2.38. The number of aromatic nitrogens is 2. The van der Waals surface area contributed by atoms with Gasteiger partial charge in [0, 0.05) is 28.6 Å². The van der Waals surface area contributed by atoms with Crippen LogP contribution in [0.25, 0.3) is 5.69 Å². The van der Waals surface area contributed by atoms with E-state index in [9.17, 15) is 30.8 Å². The first-order valence-electron chi connectivity index (χ1n) is 13.2. The summed E-state index contributed by atoms with van der Waals surface area (Å²) < 4.78 is 84.7. The fourth-order valence-electron chi connectivity index (χ4n) is 4.35. The van der Waals surface area contributed by atoms with E-state index in [0.29, 0.717) is 22.1 Å². The maximum atomic E-state index is 14.1. The number of carbonyl (C=O) groups excluding carboxylic acids is 1. The molecule has 0 spiro atoms. The molecular formula is C30H29ClF4N4O3S2. The molecular weight excluding hydrogens is 640 g/mol. The fraction of sp³-hybridized carbons (Fsp3) is 0.267. The van der Waals surface area contributed by atoms with Crippen molar-refractivity contribution in [2.45, 2.75) is 55.1 Å². The molecule has 0 radical (unpaired) electrons. The van der Waals surface area contributed by atoms with E-state index in [1.165, 1.54) is 66.4 Å². The van der Waals surface area contributed by atoms with Crippen LogP contribution in [0.3, 0.4) is 0 Å². The molecule has 0 unspecified atom stereocenters. The lowest BCUT2D eigenvalue weighted by atomic mass is 9.81. The minimum absolute atomic E-state index is 0.108. The van der Waals surface area contributed by atoms with Crippen molar-refractivity contribution in [3.63, 3.8) is 0 Å². The van der Waals surface area contributed by atoms with Crippen LogP contribution in [0.4, 0.5) is 22.4 Å². The van der Waals surface area contributed by atoms with Gasteiger partial charge in [-0.1, -0.05) is 49.9 Å². The molecule has 0 saturated heterocycles. The Morgan fingerprint density at radius 1 is 1.02 bits per heavy atom. The van der Waals surface area contributed by atoms with Gasteiger partial charge in [-0.15, -0.1) is 0 Å². The Morgan fingerprint density at radius 3 is 2.27 bits per heavy atom. The van der Waals surface area contributed by atoms with Gasteiger partial charge in [-0.25, -0.2) is 44.9 Å². The summed E-state index contributed by atoms with van der Waals surface area (Å²) >= 11 is 7.53. The van der Waals surface area contributed by atoms with Gasteiger partial charge in [0.15, 0.2) is 5.16 Å². The largest absolute Gasteiger partial charge is 0.346 e. The number of rotatable bonds is 10. The SMILES string of the molecule is CC(C)(c1ccc(F)c(C(F)F)c1)c1cnc(SCC(C)(C)N(Cl)C(=O)NS(=O)(=O)c2ccccc2)n1-c1ccc(F)cc1. The standard InChI is InChI=1S/C30H29ClF4N4O3S2/c1-29(2,39(31)27(40)37-44(41,42)22-8-6-5-7-9-22)18-43-28-36-17-25(38(28)21-13-11-20(32)12-14-21)30(3,4)19-10-15-24(33)23(16-19)26(34)35/h5-17,26H,18H2,1-4H3,(H,37,40). The first-order valence-corrected chi connectivity index (χ1v) is 16.0. The van der Waals surface area contributed by atoms with Crippen molar-refractivity contribution in [2.24, 2.45) is 0 Å². The molecule has 0 aliphatic heterocycles. The molecule has 0 bridgehead atoms. The van der Waals surface area contributed by atoms with Crippen LogP contribution in [0.2, 0.25) is 0 Å². The zero-order valence-corrected chi connectivity index (χ0v) is 26.5. The Balaban J connectivity index is 1.64. The number of hydrogen-bond donors (Lipinski definition) is 1. The number of thioether (sulfide) groups is 1. The normalized spacial score (nSPS) is 12.4. The zero-order valence-electron chi connectivity index (χ0n) is 24.1. The van der Waals surface area contributed by atoms with Crippen molar-refractivity contribution >= 4 is 39.6 Å². The first kappa shape index (κ1) is 33.3. The topological polar surface area (TPSA) is 84.3 Å². The number of sulfonamides is 1. The molecule has 3 aromatic carbocycles. The second kappa shape index (κ2) is 12.8. The third-order valence-corrected chi connectivity index (χ3v) is 10.3. The van der Waals surface area contributed by atoms with Gasteiger partial charge in [0.05, 0.1) is 27.9 Å². The molecule has 2 amide bonds. The van der Waals surface area contributed by atoms with Crippen molar-refractivity contribution in [2.75, 3.05) is 5.75 Å². The van der Waals surface area contributed by atoms with E-state index in [1.807, 2.05) is 4.72 Å². The number of halogens is 5. The number of carbonyl (C=O) groups is 1.